The second-order valence-corrected chi connectivity index (χ2v) is 7.53. The number of Topliss-reactive ketones (excluding diaryl/α,β-unsaturated/α-hetero) is 1. The van der Waals surface area contributed by atoms with Crippen molar-refractivity contribution in [3.63, 3.8) is 0 Å². The fraction of sp³-hybridized carbons (Fsp3) is 0.250. The highest BCUT2D eigenvalue weighted by Crippen LogP contribution is 2.33. The van der Waals surface area contributed by atoms with Gasteiger partial charge in [0.2, 0.25) is 0 Å². The number of hydrogen-bond acceptors (Lipinski definition) is 5. The average Bonchev–Trinajstić information content (AvgIpc) is 2.60. The summed E-state index contributed by atoms with van der Waals surface area (Å²) in [6.07, 6.45) is 4.06. The summed E-state index contributed by atoms with van der Waals surface area (Å²) in [5.41, 5.74) is 1.80. The standard InChI is InChI=1S/C20H18N4O3/c1-20(2)9-15-11(16(25)10-20)8-12(19(27)24-15)18(26)23-14-5-3-4-13-17(14)22-7-6-21-13/h3-8H,9-10H2,1-2H3,(H,23,26)(H,24,27). The third-order valence-electron chi connectivity index (χ3n) is 4.71. The van der Waals surface area contributed by atoms with E-state index in [9.17, 15) is 14.4 Å². The smallest absolute Gasteiger partial charge is 0.261 e. The van der Waals surface area contributed by atoms with Crippen molar-refractivity contribution >= 4 is 28.4 Å². The van der Waals surface area contributed by atoms with Crippen LogP contribution >= 0.6 is 0 Å². The molecule has 2 N–H and O–H groups in total. The van der Waals surface area contributed by atoms with Gasteiger partial charge in [-0.2, -0.15) is 0 Å². The second kappa shape index (κ2) is 6.12. The zero-order chi connectivity index (χ0) is 19.2. The van der Waals surface area contributed by atoms with E-state index in [-0.39, 0.29) is 16.8 Å². The van der Waals surface area contributed by atoms with E-state index in [0.29, 0.717) is 40.8 Å². The molecule has 0 spiro atoms. The molecule has 0 saturated heterocycles. The molecule has 27 heavy (non-hydrogen) atoms. The largest absolute Gasteiger partial charge is 0.325 e. The van der Waals surface area contributed by atoms with Gasteiger partial charge in [0.05, 0.1) is 11.2 Å². The normalized spacial score (nSPS) is 15.4. The number of anilines is 1. The molecule has 1 aliphatic rings. The number of pyridine rings is 1. The van der Waals surface area contributed by atoms with Gasteiger partial charge in [0.25, 0.3) is 11.5 Å². The number of nitrogens with one attached hydrogen (secondary N) is 2. The number of H-pyrrole nitrogens is 1. The minimum atomic E-state index is -0.588. The van der Waals surface area contributed by atoms with Crippen LogP contribution in [-0.2, 0) is 6.42 Å². The SMILES string of the molecule is CC1(C)CC(=O)c2cc(C(=O)Nc3cccc4nccnc34)c(=O)[nH]c2C1. The fourth-order valence-electron chi connectivity index (χ4n) is 3.48. The van der Waals surface area contributed by atoms with E-state index < -0.39 is 11.5 Å². The Kier molecular flexibility index (Phi) is 3.87. The first-order valence-electron chi connectivity index (χ1n) is 8.64. The summed E-state index contributed by atoms with van der Waals surface area (Å²) in [4.78, 5) is 48.8. The number of ketones is 1. The Bertz CT molecular complexity index is 1140. The van der Waals surface area contributed by atoms with Gasteiger partial charge in [-0.3, -0.25) is 24.4 Å². The van der Waals surface area contributed by atoms with Crippen molar-refractivity contribution < 1.29 is 9.59 Å². The molecule has 1 aliphatic carbocycles. The Hall–Kier alpha value is -3.35. The van der Waals surface area contributed by atoms with Crippen LogP contribution in [0.4, 0.5) is 5.69 Å². The van der Waals surface area contributed by atoms with Crippen molar-refractivity contribution in [1.29, 1.82) is 0 Å². The number of benzene rings is 1. The number of carbonyl (C=O) groups excluding carboxylic acids is 2. The lowest BCUT2D eigenvalue weighted by Crippen LogP contribution is -2.32. The zero-order valence-electron chi connectivity index (χ0n) is 15.0. The Balaban J connectivity index is 1.72. The maximum atomic E-state index is 12.7. The highest BCUT2D eigenvalue weighted by atomic mass is 16.2. The third kappa shape index (κ3) is 3.12. The molecule has 1 amide bonds. The van der Waals surface area contributed by atoms with Gasteiger partial charge in [-0.15, -0.1) is 0 Å². The van der Waals surface area contributed by atoms with Crippen molar-refractivity contribution in [1.82, 2.24) is 15.0 Å². The first-order valence-corrected chi connectivity index (χ1v) is 8.64. The lowest BCUT2D eigenvalue weighted by molar-refractivity contribution is 0.0910. The molecule has 0 aliphatic heterocycles. The molecule has 1 aromatic carbocycles. The maximum absolute atomic E-state index is 12.7. The minimum Gasteiger partial charge on any atom is -0.325 e. The molecule has 2 aromatic heterocycles. The lowest BCUT2D eigenvalue weighted by Gasteiger charge is -2.29. The van der Waals surface area contributed by atoms with E-state index in [0.717, 1.165) is 0 Å². The highest BCUT2D eigenvalue weighted by Gasteiger charge is 2.32. The molecular weight excluding hydrogens is 344 g/mol. The summed E-state index contributed by atoms with van der Waals surface area (Å²) in [6, 6.07) is 6.62. The van der Waals surface area contributed by atoms with Crippen LogP contribution in [0.1, 0.15) is 46.7 Å². The van der Waals surface area contributed by atoms with Gasteiger partial charge in [-0.05, 0) is 30.0 Å². The Morgan fingerprint density at radius 3 is 2.74 bits per heavy atom. The molecule has 0 bridgehead atoms. The molecule has 0 radical (unpaired) electrons. The van der Waals surface area contributed by atoms with Gasteiger partial charge in [0, 0.05) is 30.1 Å². The molecule has 136 valence electrons. The van der Waals surface area contributed by atoms with Gasteiger partial charge in [0.15, 0.2) is 5.78 Å². The molecule has 0 saturated carbocycles. The van der Waals surface area contributed by atoms with Crippen LogP contribution in [0.2, 0.25) is 0 Å². The maximum Gasteiger partial charge on any atom is 0.261 e. The Morgan fingerprint density at radius 1 is 1.15 bits per heavy atom. The number of para-hydroxylation sites is 1. The molecule has 0 fully saturated rings. The molecule has 2 heterocycles. The number of carbonyl (C=O) groups is 2. The van der Waals surface area contributed by atoms with Crippen LogP contribution in [0, 0.1) is 5.41 Å². The van der Waals surface area contributed by atoms with Gasteiger partial charge in [-0.1, -0.05) is 19.9 Å². The van der Waals surface area contributed by atoms with E-state index in [1.54, 1.807) is 24.4 Å². The molecule has 7 heteroatoms. The van der Waals surface area contributed by atoms with Gasteiger partial charge in [0.1, 0.15) is 11.1 Å². The first-order chi connectivity index (χ1) is 12.8. The summed E-state index contributed by atoms with van der Waals surface area (Å²) >= 11 is 0. The number of rotatable bonds is 2. The highest BCUT2D eigenvalue weighted by molar-refractivity contribution is 6.09. The summed E-state index contributed by atoms with van der Waals surface area (Å²) < 4.78 is 0. The van der Waals surface area contributed by atoms with Gasteiger partial charge < -0.3 is 10.3 Å². The van der Waals surface area contributed by atoms with Gasteiger partial charge >= 0.3 is 0 Å². The van der Waals surface area contributed by atoms with Crippen LogP contribution in [0.5, 0.6) is 0 Å². The molecule has 4 rings (SSSR count). The molecule has 7 nitrogen and oxygen atoms in total. The molecule has 0 atom stereocenters. The fourth-order valence-corrected chi connectivity index (χ4v) is 3.48. The van der Waals surface area contributed by atoms with Crippen molar-refractivity contribution in [2.75, 3.05) is 5.32 Å². The van der Waals surface area contributed by atoms with E-state index in [1.165, 1.54) is 12.3 Å². The Morgan fingerprint density at radius 2 is 1.93 bits per heavy atom. The van der Waals surface area contributed by atoms with Crippen molar-refractivity contribution in [3.8, 4) is 0 Å². The van der Waals surface area contributed by atoms with E-state index in [1.807, 2.05) is 13.8 Å². The third-order valence-corrected chi connectivity index (χ3v) is 4.71. The van der Waals surface area contributed by atoms with E-state index >= 15 is 0 Å². The van der Waals surface area contributed by atoms with Gasteiger partial charge in [-0.25, -0.2) is 0 Å². The van der Waals surface area contributed by atoms with E-state index in [2.05, 4.69) is 20.3 Å². The lowest BCUT2D eigenvalue weighted by atomic mass is 9.75. The summed E-state index contributed by atoms with van der Waals surface area (Å²) in [5, 5.41) is 2.71. The van der Waals surface area contributed by atoms with Crippen LogP contribution in [0.15, 0.2) is 41.5 Å². The van der Waals surface area contributed by atoms with E-state index in [4.69, 9.17) is 0 Å². The monoisotopic (exact) mass is 362 g/mol. The summed E-state index contributed by atoms with van der Waals surface area (Å²) in [7, 11) is 0. The molecular formula is C20H18N4O3. The first kappa shape index (κ1) is 17.1. The number of nitrogens with zero attached hydrogens (tertiary/aromatic N) is 2. The van der Waals surface area contributed by atoms with Crippen molar-refractivity contribution in [2.45, 2.75) is 26.7 Å². The zero-order valence-corrected chi connectivity index (χ0v) is 15.0. The number of fused-ring (bicyclic) bond motifs is 2. The quantitative estimate of drug-likeness (QED) is 0.729. The predicted molar refractivity (Wildman–Crippen MR) is 101 cm³/mol. The van der Waals surface area contributed by atoms with Crippen LogP contribution in [-0.4, -0.2) is 26.6 Å². The molecule has 0 unspecified atom stereocenters. The average molecular weight is 362 g/mol. The topological polar surface area (TPSA) is 105 Å². The van der Waals surface area contributed by atoms with Crippen molar-refractivity contribution in [2.24, 2.45) is 5.41 Å². The van der Waals surface area contributed by atoms with Crippen LogP contribution in [0.25, 0.3) is 11.0 Å². The number of hydrogen-bond donors (Lipinski definition) is 2. The predicted octanol–water partition coefficient (Wildman–Crippen LogP) is 2.73. The Labute approximate surface area is 154 Å². The number of amides is 1. The van der Waals surface area contributed by atoms with Crippen LogP contribution in [0.3, 0.4) is 0 Å². The number of aromatic amines is 1. The summed E-state index contributed by atoms with van der Waals surface area (Å²) in [6.45, 7) is 3.96. The molecule has 3 aromatic rings. The van der Waals surface area contributed by atoms with Crippen LogP contribution < -0.4 is 10.9 Å². The second-order valence-electron chi connectivity index (χ2n) is 7.53. The summed E-state index contributed by atoms with van der Waals surface area (Å²) in [5.74, 6) is -0.655. The minimum absolute atomic E-state index is 0.0671. The number of aromatic nitrogens is 3. The van der Waals surface area contributed by atoms with Crippen molar-refractivity contribution in [3.05, 3.63) is 63.8 Å².